The molecule has 0 unspecified atom stereocenters. The highest BCUT2D eigenvalue weighted by Crippen LogP contribution is 2.38. The number of hydrogen-bond acceptors (Lipinski definition) is 3. The number of nitrogens with zero attached hydrogens (tertiary/aromatic N) is 3. The fraction of sp³-hybridized carbons (Fsp3) is 0. The Morgan fingerprint density at radius 1 is 0.167 bits per heavy atom. The molecule has 0 heterocycles. The van der Waals surface area contributed by atoms with Crippen LogP contribution in [-0.4, -0.2) is 0 Å². The number of benzene rings is 10. The lowest BCUT2D eigenvalue weighted by atomic mass is 9.90. The van der Waals surface area contributed by atoms with Crippen molar-refractivity contribution in [3.05, 3.63) is 253 Å². The van der Waals surface area contributed by atoms with Crippen molar-refractivity contribution < 1.29 is 0 Å². The topological polar surface area (TPSA) is 71.4 Å². The number of nitriles is 3. The number of hydrogen-bond donors (Lipinski definition) is 0. The van der Waals surface area contributed by atoms with Gasteiger partial charge in [-0.1, -0.05) is 146 Å². The van der Waals surface area contributed by atoms with Crippen molar-refractivity contribution in [2.24, 2.45) is 0 Å². The lowest BCUT2D eigenvalue weighted by molar-refractivity contribution is 1.48. The molecule has 0 amide bonds. The van der Waals surface area contributed by atoms with Crippen molar-refractivity contribution in [3.63, 3.8) is 0 Å². The molecule has 10 aromatic rings. The van der Waals surface area contributed by atoms with Crippen molar-refractivity contribution in [1.29, 1.82) is 15.8 Å². The molecule has 0 N–H and O–H groups in total. The SMILES string of the molecule is N#Cc1cccc(-c2cccc(-c3cccc(-c4cc(-c5cccc(-c6cccc(-c7cccc(C#N)c7)c6)c5)cc(-c5cccc(-c6cccc(-c7cccc(C#N)c7)c6)c5)c4)c3)c2)c1. The summed E-state index contributed by atoms with van der Waals surface area (Å²) in [6.07, 6.45) is 0. The maximum absolute atomic E-state index is 9.56. The fourth-order valence-electron chi connectivity index (χ4n) is 8.70. The number of rotatable bonds is 9. The zero-order chi connectivity index (χ0) is 44.8. The second-order valence-electron chi connectivity index (χ2n) is 16.4. The van der Waals surface area contributed by atoms with Gasteiger partial charge in [0, 0.05) is 0 Å². The third-order valence-corrected chi connectivity index (χ3v) is 12.1. The summed E-state index contributed by atoms with van der Waals surface area (Å²) in [7, 11) is 0. The van der Waals surface area contributed by atoms with Gasteiger partial charge in [-0.25, -0.2) is 0 Å². The van der Waals surface area contributed by atoms with Crippen molar-refractivity contribution in [1.82, 2.24) is 0 Å². The van der Waals surface area contributed by atoms with Gasteiger partial charge < -0.3 is 0 Å². The van der Waals surface area contributed by atoms with Gasteiger partial charge in [0.05, 0.1) is 34.9 Å². The van der Waals surface area contributed by atoms with Crippen LogP contribution in [0.15, 0.2) is 237 Å². The molecule has 0 saturated carbocycles. The van der Waals surface area contributed by atoms with E-state index in [0.29, 0.717) is 16.7 Å². The molecule has 66 heavy (non-hydrogen) atoms. The van der Waals surface area contributed by atoms with Gasteiger partial charge in [0.25, 0.3) is 0 Å². The monoisotopic (exact) mass is 837 g/mol. The van der Waals surface area contributed by atoms with Crippen LogP contribution in [0.5, 0.6) is 0 Å². The molecule has 306 valence electrons. The van der Waals surface area contributed by atoms with Crippen LogP contribution in [-0.2, 0) is 0 Å². The molecule has 3 nitrogen and oxygen atoms in total. The van der Waals surface area contributed by atoms with Crippen LogP contribution in [0.3, 0.4) is 0 Å². The molecule has 0 fully saturated rings. The summed E-state index contributed by atoms with van der Waals surface area (Å²) in [6.45, 7) is 0. The molecule has 10 rings (SSSR count). The minimum Gasteiger partial charge on any atom is -0.192 e. The lowest BCUT2D eigenvalue weighted by Crippen LogP contribution is -1.89. The first-order chi connectivity index (χ1) is 32.5. The fourth-order valence-corrected chi connectivity index (χ4v) is 8.70. The quantitative estimate of drug-likeness (QED) is 0.145. The molecular formula is C63H39N3. The van der Waals surface area contributed by atoms with E-state index in [2.05, 4.69) is 182 Å². The maximum Gasteiger partial charge on any atom is 0.0991 e. The first-order valence-corrected chi connectivity index (χ1v) is 21.8. The highest BCUT2D eigenvalue weighted by atomic mass is 14.2. The summed E-state index contributed by atoms with van der Waals surface area (Å²) in [5.41, 5.74) is 21.3. The average molecular weight is 838 g/mol. The highest BCUT2D eigenvalue weighted by Gasteiger charge is 2.13. The van der Waals surface area contributed by atoms with Crippen molar-refractivity contribution in [2.45, 2.75) is 0 Å². The lowest BCUT2D eigenvalue weighted by Gasteiger charge is -2.14. The van der Waals surface area contributed by atoms with Crippen LogP contribution in [0.2, 0.25) is 0 Å². The van der Waals surface area contributed by atoms with Gasteiger partial charge in [0.15, 0.2) is 0 Å². The Labute approximate surface area is 385 Å². The average Bonchev–Trinajstić information content (AvgIpc) is 3.41. The maximum atomic E-state index is 9.56. The molecule has 0 aliphatic rings. The van der Waals surface area contributed by atoms with E-state index in [0.717, 1.165) is 100 Å². The van der Waals surface area contributed by atoms with E-state index in [1.165, 1.54) is 0 Å². The van der Waals surface area contributed by atoms with Crippen LogP contribution >= 0.6 is 0 Å². The third kappa shape index (κ3) is 8.68. The molecule has 0 aliphatic carbocycles. The van der Waals surface area contributed by atoms with E-state index in [-0.39, 0.29) is 0 Å². The van der Waals surface area contributed by atoms with Crippen LogP contribution in [0.25, 0.3) is 100 Å². The Hall–Kier alpha value is -9.33. The molecule has 0 atom stereocenters. The van der Waals surface area contributed by atoms with Gasteiger partial charge in [0.2, 0.25) is 0 Å². The largest absolute Gasteiger partial charge is 0.192 e. The zero-order valence-corrected chi connectivity index (χ0v) is 35.9. The molecule has 0 bridgehead atoms. The normalized spacial score (nSPS) is 10.7. The van der Waals surface area contributed by atoms with E-state index in [9.17, 15) is 15.8 Å². The van der Waals surface area contributed by atoms with Gasteiger partial charge in [0.1, 0.15) is 0 Å². The van der Waals surface area contributed by atoms with Crippen LogP contribution in [0.4, 0.5) is 0 Å². The van der Waals surface area contributed by atoms with Gasteiger partial charge in [-0.3, -0.25) is 0 Å². The predicted octanol–water partition coefficient (Wildman–Crippen LogP) is 16.3. The zero-order valence-electron chi connectivity index (χ0n) is 35.9. The second-order valence-corrected chi connectivity index (χ2v) is 16.4. The minimum absolute atomic E-state index is 0.637. The molecular weight excluding hydrogens is 799 g/mol. The molecule has 10 aromatic carbocycles. The summed E-state index contributed by atoms with van der Waals surface area (Å²) in [5.74, 6) is 0. The van der Waals surface area contributed by atoms with Gasteiger partial charge in [-0.15, -0.1) is 0 Å². The van der Waals surface area contributed by atoms with Crippen LogP contribution in [0, 0.1) is 34.0 Å². The Morgan fingerprint density at radius 3 is 0.485 bits per heavy atom. The van der Waals surface area contributed by atoms with E-state index in [1.54, 1.807) is 0 Å². The molecule has 0 aromatic heterocycles. The summed E-state index contributed by atoms with van der Waals surface area (Å²) < 4.78 is 0. The first-order valence-electron chi connectivity index (χ1n) is 21.8. The second kappa shape index (κ2) is 18.2. The van der Waals surface area contributed by atoms with Gasteiger partial charge >= 0.3 is 0 Å². The summed E-state index contributed by atoms with van der Waals surface area (Å²) in [5, 5.41) is 28.7. The minimum atomic E-state index is 0.637. The smallest absolute Gasteiger partial charge is 0.0991 e. The van der Waals surface area contributed by atoms with E-state index in [1.807, 2.05) is 72.8 Å². The van der Waals surface area contributed by atoms with Crippen molar-refractivity contribution in [2.75, 3.05) is 0 Å². The van der Waals surface area contributed by atoms with Crippen LogP contribution < -0.4 is 0 Å². The Bertz CT molecular complexity index is 3200. The van der Waals surface area contributed by atoms with Crippen molar-refractivity contribution in [3.8, 4) is 118 Å². The Morgan fingerprint density at radius 2 is 0.303 bits per heavy atom. The predicted molar refractivity (Wildman–Crippen MR) is 270 cm³/mol. The Balaban J connectivity index is 1.07. The molecule has 0 aliphatic heterocycles. The van der Waals surface area contributed by atoms with E-state index >= 15 is 0 Å². The first kappa shape index (κ1) is 40.7. The summed E-state index contributed by atoms with van der Waals surface area (Å²) in [6, 6.07) is 88.6. The summed E-state index contributed by atoms with van der Waals surface area (Å²) >= 11 is 0. The van der Waals surface area contributed by atoms with Crippen molar-refractivity contribution >= 4 is 0 Å². The highest BCUT2D eigenvalue weighted by molar-refractivity contribution is 5.87. The Kier molecular flexibility index (Phi) is 11.2. The van der Waals surface area contributed by atoms with Gasteiger partial charge in [-0.2, -0.15) is 15.8 Å². The van der Waals surface area contributed by atoms with Gasteiger partial charge in [-0.05, 0) is 191 Å². The molecule has 3 heteroatoms. The molecule has 0 saturated heterocycles. The molecule has 0 radical (unpaired) electrons. The van der Waals surface area contributed by atoms with Crippen LogP contribution in [0.1, 0.15) is 16.7 Å². The van der Waals surface area contributed by atoms with E-state index in [4.69, 9.17) is 0 Å². The third-order valence-electron chi connectivity index (χ3n) is 12.1. The molecule has 0 spiro atoms. The van der Waals surface area contributed by atoms with E-state index < -0.39 is 0 Å². The standard InChI is InChI=1S/C63H39N3/c64-40-43-10-1-13-46(28-43)49-16-4-19-52(31-49)55-22-7-25-58(34-55)61-37-62(59-26-8-23-56(35-59)53-20-5-17-50(32-53)47-14-2-11-44(29-47)41-65)39-63(38-61)60-27-9-24-57(36-60)54-21-6-18-51(33-54)48-15-3-12-45(30-48)42-66/h1-39H. The summed E-state index contributed by atoms with van der Waals surface area (Å²) in [4.78, 5) is 0.